The van der Waals surface area contributed by atoms with E-state index in [1.54, 1.807) is 18.3 Å². The third kappa shape index (κ3) is 3.12. The van der Waals surface area contributed by atoms with Gasteiger partial charge in [0.05, 0.1) is 11.6 Å². The molecule has 1 aromatic carbocycles. The van der Waals surface area contributed by atoms with E-state index in [9.17, 15) is 9.59 Å². The van der Waals surface area contributed by atoms with Crippen molar-refractivity contribution in [3.05, 3.63) is 40.8 Å². The van der Waals surface area contributed by atoms with Crippen LogP contribution in [0.15, 0.2) is 35.3 Å². The van der Waals surface area contributed by atoms with Crippen LogP contribution >= 0.6 is 0 Å². The average Bonchev–Trinajstić information content (AvgIpc) is 2.51. The second kappa shape index (κ2) is 6.08. The Labute approximate surface area is 122 Å². The number of hydrogen-bond donors (Lipinski definition) is 0. The Bertz CT molecular complexity index is 702. The summed E-state index contributed by atoms with van der Waals surface area (Å²) in [5.41, 5.74) is -0.256. The molecule has 1 aliphatic rings. The van der Waals surface area contributed by atoms with Crippen molar-refractivity contribution < 1.29 is 9.53 Å². The van der Waals surface area contributed by atoms with Crippen LogP contribution in [0.3, 0.4) is 0 Å². The highest BCUT2D eigenvalue weighted by Crippen LogP contribution is 2.20. The summed E-state index contributed by atoms with van der Waals surface area (Å²) in [5.74, 6) is -0.383. The van der Waals surface area contributed by atoms with Crippen molar-refractivity contribution in [1.29, 1.82) is 0 Å². The second-order valence-corrected chi connectivity index (χ2v) is 5.44. The van der Waals surface area contributed by atoms with Gasteiger partial charge < -0.3 is 4.74 Å². The first-order valence-corrected chi connectivity index (χ1v) is 7.38. The van der Waals surface area contributed by atoms with E-state index in [1.807, 2.05) is 12.1 Å². The molecule has 5 nitrogen and oxygen atoms in total. The fourth-order valence-electron chi connectivity index (χ4n) is 2.77. The third-order valence-corrected chi connectivity index (χ3v) is 3.89. The molecular formula is C16H18N2O3. The minimum Gasteiger partial charge on any atom is -0.461 e. The van der Waals surface area contributed by atoms with Gasteiger partial charge in [0.25, 0.3) is 5.56 Å². The highest BCUT2D eigenvalue weighted by atomic mass is 16.5. The Morgan fingerprint density at radius 3 is 2.81 bits per heavy atom. The summed E-state index contributed by atoms with van der Waals surface area (Å²) in [6.07, 6.45) is 6.86. The van der Waals surface area contributed by atoms with E-state index in [0.717, 1.165) is 31.1 Å². The molecule has 2 aromatic rings. The van der Waals surface area contributed by atoms with Gasteiger partial charge in [-0.15, -0.1) is 0 Å². The van der Waals surface area contributed by atoms with Crippen molar-refractivity contribution in [1.82, 2.24) is 9.78 Å². The number of nitrogens with zero attached hydrogens (tertiary/aromatic N) is 2. The summed E-state index contributed by atoms with van der Waals surface area (Å²) >= 11 is 0. The smallest absolute Gasteiger partial charge is 0.328 e. The normalized spacial score (nSPS) is 16.0. The summed E-state index contributed by atoms with van der Waals surface area (Å²) < 4.78 is 6.60. The fraction of sp³-hybridized carbons (Fsp3) is 0.438. The summed E-state index contributed by atoms with van der Waals surface area (Å²) in [6, 6.07) is 7.22. The number of carbonyl (C=O) groups is 1. The molecule has 0 spiro atoms. The van der Waals surface area contributed by atoms with Gasteiger partial charge in [0.1, 0.15) is 12.6 Å². The van der Waals surface area contributed by atoms with Gasteiger partial charge in [-0.1, -0.05) is 24.6 Å². The Balaban J connectivity index is 1.73. The van der Waals surface area contributed by atoms with Gasteiger partial charge in [0.2, 0.25) is 0 Å². The van der Waals surface area contributed by atoms with Crippen LogP contribution in [0.1, 0.15) is 32.1 Å². The van der Waals surface area contributed by atoms with Crippen molar-refractivity contribution in [2.24, 2.45) is 0 Å². The Hall–Kier alpha value is -2.17. The molecule has 0 amide bonds. The van der Waals surface area contributed by atoms with Crippen LogP contribution in [0.2, 0.25) is 0 Å². The molecule has 0 atom stereocenters. The number of ether oxygens (including phenoxy) is 1. The van der Waals surface area contributed by atoms with Gasteiger partial charge in [-0.2, -0.15) is 5.10 Å². The molecule has 0 N–H and O–H groups in total. The number of aromatic nitrogens is 2. The molecule has 5 heteroatoms. The van der Waals surface area contributed by atoms with Crippen LogP contribution in [-0.4, -0.2) is 21.9 Å². The Morgan fingerprint density at radius 1 is 1.24 bits per heavy atom. The van der Waals surface area contributed by atoms with E-state index in [-0.39, 0.29) is 24.2 Å². The molecule has 3 rings (SSSR count). The maximum Gasteiger partial charge on any atom is 0.328 e. The van der Waals surface area contributed by atoms with E-state index in [2.05, 4.69) is 5.10 Å². The Morgan fingerprint density at radius 2 is 2.00 bits per heavy atom. The molecule has 1 aromatic heterocycles. The molecule has 0 bridgehead atoms. The number of benzene rings is 1. The lowest BCUT2D eigenvalue weighted by molar-refractivity contribution is -0.151. The van der Waals surface area contributed by atoms with Crippen molar-refractivity contribution in [2.45, 2.75) is 44.8 Å². The van der Waals surface area contributed by atoms with Crippen LogP contribution in [0, 0.1) is 0 Å². The third-order valence-electron chi connectivity index (χ3n) is 3.89. The molecule has 1 fully saturated rings. The first-order chi connectivity index (χ1) is 10.2. The lowest BCUT2D eigenvalue weighted by Gasteiger charge is -2.21. The van der Waals surface area contributed by atoms with Crippen LogP contribution in [0.5, 0.6) is 0 Å². The average molecular weight is 286 g/mol. The van der Waals surface area contributed by atoms with Crippen molar-refractivity contribution in [2.75, 3.05) is 0 Å². The minimum absolute atomic E-state index is 0.00223. The molecular weight excluding hydrogens is 268 g/mol. The van der Waals surface area contributed by atoms with Gasteiger partial charge in [-0.3, -0.25) is 9.59 Å². The number of esters is 1. The maximum atomic E-state index is 12.2. The zero-order valence-electron chi connectivity index (χ0n) is 11.8. The lowest BCUT2D eigenvalue weighted by Crippen LogP contribution is -2.30. The topological polar surface area (TPSA) is 61.2 Å². The molecule has 1 heterocycles. The standard InChI is InChI=1S/C16H18N2O3/c19-15(21-13-7-2-1-3-8-13)11-18-16(20)14-9-5-4-6-12(14)10-17-18/h4-6,9-10,13H,1-3,7-8,11H2. The van der Waals surface area contributed by atoms with Gasteiger partial charge in [0, 0.05) is 5.39 Å². The Kier molecular flexibility index (Phi) is 3.99. The van der Waals surface area contributed by atoms with E-state index in [1.165, 1.54) is 11.1 Å². The highest BCUT2D eigenvalue weighted by molar-refractivity contribution is 5.80. The van der Waals surface area contributed by atoms with E-state index >= 15 is 0 Å². The van der Waals surface area contributed by atoms with E-state index < -0.39 is 0 Å². The van der Waals surface area contributed by atoms with E-state index in [4.69, 9.17) is 4.74 Å². The van der Waals surface area contributed by atoms with Crippen molar-refractivity contribution in [3.63, 3.8) is 0 Å². The zero-order chi connectivity index (χ0) is 14.7. The molecule has 21 heavy (non-hydrogen) atoms. The van der Waals surface area contributed by atoms with E-state index in [0.29, 0.717) is 5.39 Å². The fourth-order valence-corrected chi connectivity index (χ4v) is 2.77. The molecule has 0 radical (unpaired) electrons. The number of carbonyl (C=O) groups excluding carboxylic acids is 1. The summed E-state index contributed by atoms with van der Waals surface area (Å²) in [4.78, 5) is 24.2. The maximum absolute atomic E-state index is 12.2. The van der Waals surface area contributed by atoms with Gasteiger partial charge in [-0.25, -0.2) is 4.68 Å². The summed E-state index contributed by atoms with van der Waals surface area (Å²) in [6.45, 7) is -0.125. The van der Waals surface area contributed by atoms with Crippen LogP contribution in [0.25, 0.3) is 10.8 Å². The van der Waals surface area contributed by atoms with Gasteiger partial charge in [0.15, 0.2) is 0 Å². The van der Waals surface area contributed by atoms with Crippen LogP contribution in [-0.2, 0) is 16.1 Å². The van der Waals surface area contributed by atoms with Crippen molar-refractivity contribution in [3.8, 4) is 0 Å². The SMILES string of the molecule is O=C(Cn1ncc2ccccc2c1=O)OC1CCCCC1. The molecule has 1 saturated carbocycles. The molecule has 0 saturated heterocycles. The van der Waals surface area contributed by atoms with Crippen molar-refractivity contribution >= 4 is 16.7 Å². The largest absolute Gasteiger partial charge is 0.461 e. The highest BCUT2D eigenvalue weighted by Gasteiger charge is 2.18. The quantitative estimate of drug-likeness (QED) is 0.812. The monoisotopic (exact) mass is 286 g/mol. The number of rotatable bonds is 3. The van der Waals surface area contributed by atoms with Crippen LogP contribution in [0.4, 0.5) is 0 Å². The first-order valence-electron chi connectivity index (χ1n) is 7.38. The summed E-state index contributed by atoms with van der Waals surface area (Å²) in [5, 5.41) is 5.39. The van der Waals surface area contributed by atoms with Gasteiger partial charge >= 0.3 is 5.97 Å². The predicted molar refractivity (Wildman–Crippen MR) is 79.0 cm³/mol. The zero-order valence-corrected chi connectivity index (χ0v) is 11.8. The molecule has 110 valence electrons. The van der Waals surface area contributed by atoms with Gasteiger partial charge in [-0.05, 0) is 31.7 Å². The number of fused-ring (bicyclic) bond motifs is 1. The summed E-state index contributed by atoms with van der Waals surface area (Å²) in [7, 11) is 0. The molecule has 1 aliphatic carbocycles. The first kappa shape index (κ1) is 13.8. The van der Waals surface area contributed by atoms with Crippen LogP contribution < -0.4 is 5.56 Å². The molecule has 0 aliphatic heterocycles. The predicted octanol–water partition coefficient (Wildman–Crippen LogP) is 2.27. The molecule has 0 unspecified atom stereocenters. The lowest BCUT2D eigenvalue weighted by atomic mass is 9.98. The second-order valence-electron chi connectivity index (χ2n) is 5.44. The minimum atomic E-state index is -0.383. The number of hydrogen-bond acceptors (Lipinski definition) is 4.